The maximum atomic E-state index is 2.37. The number of pyridine rings is 1. The van der Waals surface area contributed by atoms with Crippen LogP contribution in [0.4, 0.5) is 0 Å². The largest absolute Gasteiger partial charge is 0.205 e. The van der Waals surface area contributed by atoms with Gasteiger partial charge in [-0.1, -0.05) is 19.9 Å². The average molecular weight is 218 g/mol. The normalized spacial score (nSPS) is 25.9. The Hall–Kier alpha value is -0.850. The van der Waals surface area contributed by atoms with Gasteiger partial charge < -0.3 is 0 Å². The van der Waals surface area contributed by atoms with Crippen molar-refractivity contribution in [2.45, 2.75) is 46.1 Å². The van der Waals surface area contributed by atoms with Gasteiger partial charge in [0.05, 0.1) is 0 Å². The van der Waals surface area contributed by atoms with Gasteiger partial charge in [-0.15, -0.1) is 0 Å². The summed E-state index contributed by atoms with van der Waals surface area (Å²) in [5.41, 5.74) is 0. The quantitative estimate of drug-likeness (QED) is 0.684. The Balaban J connectivity index is 1.82. The zero-order valence-corrected chi connectivity index (χ0v) is 10.6. The van der Waals surface area contributed by atoms with E-state index in [1.165, 1.54) is 32.2 Å². The van der Waals surface area contributed by atoms with Crippen LogP contribution in [0.2, 0.25) is 0 Å². The second-order valence-electron chi connectivity index (χ2n) is 5.60. The van der Waals surface area contributed by atoms with Gasteiger partial charge in [0.25, 0.3) is 0 Å². The second kappa shape index (κ2) is 5.47. The van der Waals surface area contributed by atoms with Crippen molar-refractivity contribution in [3.8, 4) is 0 Å². The highest BCUT2D eigenvalue weighted by Gasteiger charge is 2.25. The summed E-state index contributed by atoms with van der Waals surface area (Å²) in [6, 6.07) is 6.34. The predicted octanol–water partition coefficient (Wildman–Crippen LogP) is 3.44. The standard InChI is InChI=1S/C15H24N/c1-13(2)15-8-6-14(7-9-15)12-16-10-4-3-5-11-16/h3-5,10-11,13-15H,6-9,12H2,1-2H3/q+1. The molecular weight excluding hydrogens is 194 g/mol. The van der Waals surface area contributed by atoms with Crippen molar-refractivity contribution >= 4 is 0 Å². The van der Waals surface area contributed by atoms with Crippen molar-refractivity contribution in [1.29, 1.82) is 0 Å². The van der Waals surface area contributed by atoms with E-state index in [9.17, 15) is 0 Å². The third-order valence-electron chi connectivity index (χ3n) is 4.08. The molecule has 1 aromatic rings. The molecule has 0 unspecified atom stereocenters. The molecule has 0 saturated heterocycles. The third kappa shape index (κ3) is 3.07. The lowest BCUT2D eigenvalue weighted by molar-refractivity contribution is -0.703. The van der Waals surface area contributed by atoms with Crippen molar-refractivity contribution < 1.29 is 4.57 Å². The number of rotatable bonds is 3. The molecule has 0 bridgehead atoms. The molecular formula is C15H24N+. The maximum Gasteiger partial charge on any atom is 0.168 e. The van der Waals surface area contributed by atoms with Gasteiger partial charge in [0.2, 0.25) is 0 Å². The highest BCUT2D eigenvalue weighted by atomic mass is 14.9. The van der Waals surface area contributed by atoms with Gasteiger partial charge in [0.1, 0.15) is 0 Å². The van der Waals surface area contributed by atoms with E-state index in [1.807, 2.05) is 0 Å². The molecule has 0 aromatic carbocycles. The number of aromatic nitrogens is 1. The van der Waals surface area contributed by atoms with Crippen molar-refractivity contribution in [2.75, 3.05) is 0 Å². The molecule has 1 heteroatoms. The zero-order valence-electron chi connectivity index (χ0n) is 10.6. The highest BCUT2D eigenvalue weighted by Crippen LogP contribution is 2.33. The number of hydrogen-bond acceptors (Lipinski definition) is 0. The molecule has 0 atom stereocenters. The Bertz CT molecular complexity index is 296. The Morgan fingerprint density at radius 1 is 1.00 bits per heavy atom. The van der Waals surface area contributed by atoms with Crippen LogP contribution in [0.15, 0.2) is 30.6 Å². The minimum atomic E-state index is 0.880. The molecule has 1 saturated carbocycles. The summed E-state index contributed by atoms with van der Waals surface area (Å²) in [5, 5.41) is 0. The summed E-state index contributed by atoms with van der Waals surface area (Å²) in [7, 11) is 0. The smallest absolute Gasteiger partial charge is 0.168 e. The van der Waals surface area contributed by atoms with Crippen LogP contribution < -0.4 is 4.57 Å². The van der Waals surface area contributed by atoms with Gasteiger partial charge in [-0.05, 0) is 37.5 Å². The van der Waals surface area contributed by atoms with Crippen LogP contribution >= 0.6 is 0 Å². The maximum absolute atomic E-state index is 2.37. The van der Waals surface area contributed by atoms with Crippen molar-refractivity contribution in [3.05, 3.63) is 30.6 Å². The first-order valence-corrected chi connectivity index (χ1v) is 6.70. The van der Waals surface area contributed by atoms with E-state index >= 15 is 0 Å². The first kappa shape index (κ1) is 11.6. The van der Waals surface area contributed by atoms with Crippen LogP contribution in [0.3, 0.4) is 0 Å². The zero-order chi connectivity index (χ0) is 11.4. The molecule has 1 nitrogen and oxygen atoms in total. The first-order chi connectivity index (χ1) is 7.75. The predicted molar refractivity (Wildman–Crippen MR) is 66.9 cm³/mol. The van der Waals surface area contributed by atoms with Crippen LogP contribution in [0.25, 0.3) is 0 Å². The molecule has 1 aromatic heterocycles. The van der Waals surface area contributed by atoms with Crippen molar-refractivity contribution in [2.24, 2.45) is 17.8 Å². The summed E-state index contributed by atoms with van der Waals surface area (Å²) in [6.07, 6.45) is 10.1. The molecule has 16 heavy (non-hydrogen) atoms. The summed E-state index contributed by atoms with van der Waals surface area (Å²) >= 11 is 0. The summed E-state index contributed by atoms with van der Waals surface area (Å²) in [5.74, 6) is 2.77. The van der Waals surface area contributed by atoms with E-state index in [1.54, 1.807) is 0 Å². The molecule has 2 rings (SSSR count). The molecule has 88 valence electrons. The molecule has 0 aliphatic heterocycles. The van der Waals surface area contributed by atoms with E-state index < -0.39 is 0 Å². The first-order valence-electron chi connectivity index (χ1n) is 6.70. The lowest BCUT2D eigenvalue weighted by Gasteiger charge is -2.29. The van der Waals surface area contributed by atoms with E-state index in [0.717, 1.165) is 17.8 Å². The fourth-order valence-electron chi connectivity index (χ4n) is 2.89. The van der Waals surface area contributed by atoms with Gasteiger partial charge in [-0.3, -0.25) is 0 Å². The molecule has 0 spiro atoms. The van der Waals surface area contributed by atoms with Gasteiger partial charge in [-0.2, -0.15) is 0 Å². The minimum Gasteiger partial charge on any atom is -0.205 e. The third-order valence-corrected chi connectivity index (χ3v) is 4.08. The van der Waals surface area contributed by atoms with E-state index in [2.05, 4.69) is 49.0 Å². The number of nitrogens with zero attached hydrogens (tertiary/aromatic N) is 1. The molecule has 1 aliphatic rings. The van der Waals surface area contributed by atoms with Crippen LogP contribution in [-0.2, 0) is 6.54 Å². The molecule has 0 N–H and O–H groups in total. The SMILES string of the molecule is CC(C)C1CCC(C[n+]2ccccc2)CC1. The Morgan fingerprint density at radius 3 is 2.19 bits per heavy atom. The fourth-order valence-corrected chi connectivity index (χ4v) is 2.89. The summed E-state index contributed by atoms with van der Waals surface area (Å²) < 4.78 is 2.33. The van der Waals surface area contributed by atoms with Gasteiger partial charge in [0, 0.05) is 18.1 Å². The fraction of sp³-hybridized carbons (Fsp3) is 0.667. The molecule has 1 aliphatic carbocycles. The van der Waals surface area contributed by atoms with Gasteiger partial charge in [0.15, 0.2) is 18.9 Å². The van der Waals surface area contributed by atoms with E-state index in [0.29, 0.717) is 0 Å². The second-order valence-corrected chi connectivity index (χ2v) is 5.60. The molecule has 0 radical (unpaired) electrons. The molecule has 1 heterocycles. The average Bonchev–Trinajstić information content (AvgIpc) is 2.31. The lowest BCUT2D eigenvalue weighted by Crippen LogP contribution is -2.38. The van der Waals surface area contributed by atoms with Crippen LogP contribution in [-0.4, -0.2) is 0 Å². The molecule has 0 amide bonds. The Morgan fingerprint density at radius 2 is 1.62 bits per heavy atom. The van der Waals surface area contributed by atoms with Gasteiger partial charge in [-0.25, -0.2) is 4.57 Å². The van der Waals surface area contributed by atoms with Crippen LogP contribution in [0.1, 0.15) is 39.5 Å². The van der Waals surface area contributed by atoms with Gasteiger partial charge >= 0.3 is 0 Å². The van der Waals surface area contributed by atoms with Crippen molar-refractivity contribution in [1.82, 2.24) is 0 Å². The minimum absolute atomic E-state index is 0.880. The lowest BCUT2D eigenvalue weighted by atomic mass is 9.77. The Labute approximate surface area is 99.5 Å². The summed E-state index contributed by atoms with van der Waals surface area (Å²) in [4.78, 5) is 0. The van der Waals surface area contributed by atoms with E-state index in [4.69, 9.17) is 0 Å². The van der Waals surface area contributed by atoms with Crippen LogP contribution in [0.5, 0.6) is 0 Å². The number of hydrogen-bond donors (Lipinski definition) is 0. The Kier molecular flexibility index (Phi) is 3.98. The summed E-state index contributed by atoms with van der Waals surface area (Å²) in [6.45, 7) is 5.96. The molecule has 1 fully saturated rings. The highest BCUT2D eigenvalue weighted by molar-refractivity contribution is 4.83. The van der Waals surface area contributed by atoms with Crippen molar-refractivity contribution in [3.63, 3.8) is 0 Å². The van der Waals surface area contributed by atoms with E-state index in [-0.39, 0.29) is 0 Å². The van der Waals surface area contributed by atoms with Crippen LogP contribution in [0, 0.1) is 17.8 Å². The monoisotopic (exact) mass is 218 g/mol. The topological polar surface area (TPSA) is 3.88 Å².